The SMILES string of the molecule is CC(C)CC(=O)Nc1ccc2nc(N3CCN(c4ccccc4)CC3)cc(C(=O)O)c2c1.Cl.Cl.Cl. The number of hydrogen-bond acceptors (Lipinski definition) is 5. The molecule has 1 aliphatic rings. The first-order valence-corrected chi connectivity index (χ1v) is 10.9. The number of aromatic nitrogens is 1. The van der Waals surface area contributed by atoms with E-state index < -0.39 is 5.97 Å². The summed E-state index contributed by atoms with van der Waals surface area (Å²) in [4.78, 5) is 33.3. The zero-order valence-electron chi connectivity index (χ0n) is 19.6. The molecule has 2 N–H and O–H groups in total. The molecule has 1 saturated heterocycles. The van der Waals surface area contributed by atoms with Gasteiger partial charge in [0.1, 0.15) is 5.82 Å². The molecule has 0 atom stereocenters. The lowest BCUT2D eigenvalue weighted by atomic mass is 10.1. The Balaban J connectivity index is 0.00000204. The zero-order chi connectivity index (χ0) is 22.7. The van der Waals surface area contributed by atoms with Crippen LogP contribution in [-0.2, 0) is 4.79 Å². The number of carbonyl (C=O) groups is 2. The topological polar surface area (TPSA) is 85.8 Å². The summed E-state index contributed by atoms with van der Waals surface area (Å²) in [6.45, 7) is 7.16. The van der Waals surface area contributed by atoms with Gasteiger partial charge in [-0.1, -0.05) is 32.0 Å². The van der Waals surface area contributed by atoms with E-state index >= 15 is 0 Å². The van der Waals surface area contributed by atoms with Crippen molar-refractivity contribution < 1.29 is 14.7 Å². The van der Waals surface area contributed by atoms with Crippen LogP contribution in [-0.4, -0.2) is 48.1 Å². The van der Waals surface area contributed by atoms with Crippen LogP contribution < -0.4 is 15.1 Å². The minimum atomic E-state index is -1.01. The molecule has 3 aromatic rings. The Morgan fingerprint density at radius 1 is 0.943 bits per heavy atom. The first kappa shape index (κ1) is 30.3. The molecule has 4 rings (SSSR count). The third-order valence-electron chi connectivity index (χ3n) is 5.63. The van der Waals surface area contributed by atoms with Gasteiger partial charge in [-0.3, -0.25) is 4.79 Å². The van der Waals surface area contributed by atoms with Crippen LogP contribution in [0.15, 0.2) is 54.6 Å². The van der Waals surface area contributed by atoms with Gasteiger partial charge in [-0.15, -0.1) is 37.2 Å². The maximum absolute atomic E-state index is 12.1. The Morgan fingerprint density at radius 2 is 1.57 bits per heavy atom. The molecule has 1 amide bonds. The summed E-state index contributed by atoms with van der Waals surface area (Å²) in [6, 6.07) is 17.2. The van der Waals surface area contributed by atoms with Crippen LogP contribution in [0.2, 0.25) is 0 Å². The minimum absolute atomic E-state index is 0. The summed E-state index contributed by atoms with van der Waals surface area (Å²) >= 11 is 0. The van der Waals surface area contributed by atoms with Crippen molar-refractivity contribution in [3.63, 3.8) is 0 Å². The number of rotatable bonds is 6. The molecule has 0 spiro atoms. The number of para-hydroxylation sites is 1. The molecule has 1 aliphatic heterocycles. The molecule has 0 unspecified atom stereocenters. The second kappa shape index (κ2) is 13.4. The highest BCUT2D eigenvalue weighted by Gasteiger charge is 2.21. The quantitative estimate of drug-likeness (QED) is 0.428. The van der Waals surface area contributed by atoms with Crippen LogP contribution in [0.1, 0.15) is 30.6 Å². The number of nitrogens with one attached hydrogen (secondary N) is 1. The number of aromatic carboxylic acids is 1. The van der Waals surface area contributed by atoms with Gasteiger partial charge in [0.2, 0.25) is 5.91 Å². The van der Waals surface area contributed by atoms with Gasteiger partial charge in [0.25, 0.3) is 0 Å². The van der Waals surface area contributed by atoms with Crippen molar-refractivity contribution in [2.24, 2.45) is 5.92 Å². The Kier molecular flexibility index (Phi) is 11.6. The number of carbonyl (C=O) groups excluding carboxylic acids is 1. The van der Waals surface area contributed by atoms with Gasteiger partial charge in [-0.25, -0.2) is 9.78 Å². The number of halogens is 3. The Bertz CT molecular complexity index is 1140. The van der Waals surface area contributed by atoms with E-state index in [4.69, 9.17) is 4.98 Å². The second-order valence-electron chi connectivity index (χ2n) is 8.52. The monoisotopic (exact) mass is 540 g/mol. The number of nitrogens with zero attached hydrogens (tertiary/aromatic N) is 3. The number of carboxylic acids is 1. The zero-order valence-corrected chi connectivity index (χ0v) is 22.1. The van der Waals surface area contributed by atoms with Gasteiger partial charge in [0, 0.05) is 49.4 Å². The molecule has 2 aromatic carbocycles. The van der Waals surface area contributed by atoms with E-state index in [-0.39, 0.29) is 54.6 Å². The fourth-order valence-corrected chi connectivity index (χ4v) is 4.04. The van der Waals surface area contributed by atoms with E-state index in [0.29, 0.717) is 28.8 Å². The van der Waals surface area contributed by atoms with E-state index in [1.165, 1.54) is 5.69 Å². The number of anilines is 3. The Morgan fingerprint density at radius 3 is 2.17 bits per heavy atom. The Hall–Kier alpha value is -2.74. The van der Waals surface area contributed by atoms with E-state index in [2.05, 4.69) is 27.2 Å². The lowest BCUT2D eigenvalue weighted by Crippen LogP contribution is -2.46. The van der Waals surface area contributed by atoms with Gasteiger partial charge in [-0.2, -0.15) is 0 Å². The molecule has 0 bridgehead atoms. The highest BCUT2D eigenvalue weighted by molar-refractivity contribution is 6.05. The van der Waals surface area contributed by atoms with Gasteiger partial charge in [0.15, 0.2) is 0 Å². The molecule has 190 valence electrons. The number of piperazine rings is 1. The van der Waals surface area contributed by atoms with Crippen molar-refractivity contribution in [1.29, 1.82) is 0 Å². The summed E-state index contributed by atoms with van der Waals surface area (Å²) in [7, 11) is 0. The van der Waals surface area contributed by atoms with E-state index in [1.54, 1.807) is 24.3 Å². The van der Waals surface area contributed by atoms with Crippen LogP contribution in [0.5, 0.6) is 0 Å². The number of carboxylic acid groups (broad SMARTS) is 1. The number of amides is 1. The lowest BCUT2D eigenvalue weighted by molar-refractivity contribution is -0.116. The molecule has 0 radical (unpaired) electrons. The maximum atomic E-state index is 12.1. The predicted molar refractivity (Wildman–Crippen MR) is 149 cm³/mol. The van der Waals surface area contributed by atoms with Gasteiger partial charge in [-0.05, 0) is 42.3 Å². The molecule has 35 heavy (non-hydrogen) atoms. The smallest absolute Gasteiger partial charge is 0.336 e. The Labute approximate surface area is 224 Å². The lowest BCUT2D eigenvalue weighted by Gasteiger charge is -2.37. The molecule has 0 saturated carbocycles. The van der Waals surface area contributed by atoms with Gasteiger partial charge >= 0.3 is 5.97 Å². The predicted octanol–water partition coefficient (Wildman–Crippen LogP) is 5.51. The van der Waals surface area contributed by atoms with E-state index in [1.807, 2.05) is 32.0 Å². The van der Waals surface area contributed by atoms with Crippen molar-refractivity contribution in [1.82, 2.24) is 4.98 Å². The summed E-state index contributed by atoms with van der Waals surface area (Å²) in [6.07, 6.45) is 0.413. The molecule has 1 aromatic heterocycles. The minimum Gasteiger partial charge on any atom is -0.478 e. The molecule has 1 fully saturated rings. The van der Waals surface area contributed by atoms with Crippen molar-refractivity contribution in [3.8, 4) is 0 Å². The van der Waals surface area contributed by atoms with Crippen LogP contribution in [0.4, 0.5) is 17.2 Å². The second-order valence-corrected chi connectivity index (χ2v) is 8.52. The van der Waals surface area contributed by atoms with Crippen molar-refractivity contribution in [2.45, 2.75) is 20.3 Å². The summed E-state index contributed by atoms with van der Waals surface area (Å²) in [5.41, 5.74) is 2.57. The number of pyridine rings is 1. The largest absolute Gasteiger partial charge is 0.478 e. The summed E-state index contributed by atoms with van der Waals surface area (Å²) in [5.74, 6) is -0.180. The first-order valence-electron chi connectivity index (χ1n) is 10.9. The fourth-order valence-electron chi connectivity index (χ4n) is 4.04. The third kappa shape index (κ3) is 7.37. The van der Waals surface area contributed by atoms with Crippen LogP contribution in [0.3, 0.4) is 0 Å². The van der Waals surface area contributed by atoms with Crippen LogP contribution in [0.25, 0.3) is 10.9 Å². The van der Waals surface area contributed by atoms with E-state index in [0.717, 1.165) is 26.2 Å². The molecule has 0 aliphatic carbocycles. The highest BCUT2D eigenvalue weighted by atomic mass is 35.5. The molecular formula is C25H31Cl3N4O3. The van der Waals surface area contributed by atoms with Crippen LogP contribution in [0, 0.1) is 5.92 Å². The molecular weight excluding hydrogens is 511 g/mol. The van der Waals surface area contributed by atoms with Crippen LogP contribution >= 0.6 is 37.2 Å². The molecule has 10 heteroatoms. The van der Waals surface area contributed by atoms with Crippen molar-refractivity contribution in [2.75, 3.05) is 41.3 Å². The number of hydrogen-bond donors (Lipinski definition) is 2. The highest BCUT2D eigenvalue weighted by Crippen LogP contribution is 2.27. The maximum Gasteiger partial charge on any atom is 0.336 e. The average Bonchev–Trinajstić information content (AvgIpc) is 2.78. The molecule has 2 heterocycles. The first-order chi connectivity index (χ1) is 15.4. The summed E-state index contributed by atoms with van der Waals surface area (Å²) < 4.78 is 0. The fraction of sp³-hybridized carbons (Fsp3) is 0.320. The van der Waals surface area contributed by atoms with Gasteiger partial charge < -0.3 is 20.2 Å². The summed E-state index contributed by atoms with van der Waals surface area (Å²) in [5, 5.41) is 13.2. The van der Waals surface area contributed by atoms with Crippen molar-refractivity contribution in [3.05, 3.63) is 60.2 Å². The average molecular weight is 542 g/mol. The molecule has 7 nitrogen and oxygen atoms in total. The third-order valence-corrected chi connectivity index (χ3v) is 5.63. The van der Waals surface area contributed by atoms with E-state index in [9.17, 15) is 14.7 Å². The normalized spacial score (nSPS) is 12.9. The number of benzene rings is 2. The van der Waals surface area contributed by atoms with Crippen molar-refractivity contribution >= 4 is 77.2 Å². The van der Waals surface area contributed by atoms with Gasteiger partial charge in [0.05, 0.1) is 11.1 Å². The standard InChI is InChI=1S/C25H28N4O3.3ClH/c1-17(2)14-24(30)26-18-8-9-22-20(15-18)21(25(31)32)16-23(27-22)29-12-10-28(11-13-29)19-6-4-3-5-7-19;;;/h3-9,15-17H,10-14H2,1-2H3,(H,26,30)(H,31,32);3*1H. The number of fused-ring (bicyclic) bond motifs is 1.